The fourth-order valence-corrected chi connectivity index (χ4v) is 3.33. The summed E-state index contributed by atoms with van der Waals surface area (Å²) in [6.45, 7) is 8.45. The van der Waals surface area contributed by atoms with E-state index in [0.29, 0.717) is 11.5 Å². The van der Waals surface area contributed by atoms with Gasteiger partial charge in [0.25, 0.3) is 0 Å². The SMILES string of the molecule is CC1NCCC1CNCC1(C)CCCCC1. The minimum atomic E-state index is 0.591. The molecule has 0 spiro atoms. The highest BCUT2D eigenvalue weighted by Gasteiger charge is 2.27. The molecule has 0 radical (unpaired) electrons. The number of hydrogen-bond donors (Lipinski definition) is 2. The molecule has 0 aromatic heterocycles. The van der Waals surface area contributed by atoms with Crippen molar-refractivity contribution in [3.63, 3.8) is 0 Å². The molecule has 1 heterocycles. The first-order valence-corrected chi connectivity index (χ1v) is 7.14. The molecule has 2 nitrogen and oxygen atoms in total. The van der Waals surface area contributed by atoms with Gasteiger partial charge in [-0.2, -0.15) is 0 Å². The second-order valence-corrected chi connectivity index (χ2v) is 6.29. The van der Waals surface area contributed by atoms with Crippen LogP contribution in [0.3, 0.4) is 0 Å². The van der Waals surface area contributed by atoms with Gasteiger partial charge in [0.15, 0.2) is 0 Å². The van der Waals surface area contributed by atoms with Gasteiger partial charge < -0.3 is 10.6 Å². The molecule has 2 heteroatoms. The van der Waals surface area contributed by atoms with Crippen molar-refractivity contribution >= 4 is 0 Å². The van der Waals surface area contributed by atoms with Crippen molar-refractivity contribution in [2.45, 2.75) is 58.4 Å². The summed E-state index contributed by atoms with van der Waals surface area (Å²) in [5.74, 6) is 0.854. The number of hydrogen-bond acceptors (Lipinski definition) is 2. The molecular formula is C14H28N2. The van der Waals surface area contributed by atoms with Crippen LogP contribution in [0.5, 0.6) is 0 Å². The highest BCUT2D eigenvalue weighted by molar-refractivity contribution is 4.84. The third-order valence-corrected chi connectivity index (χ3v) is 4.71. The standard InChI is InChI=1S/C14H28N2/c1-12-13(6-9-16-12)10-15-11-14(2)7-4-3-5-8-14/h12-13,15-16H,3-11H2,1-2H3. The normalized spacial score (nSPS) is 34.1. The van der Waals surface area contributed by atoms with E-state index in [2.05, 4.69) is 24.5 Å². The van der Waals surface area contributed by atoms with E-state index in [0.717, 1.165) is 5.92 Å². The molecule has 0 aromatic rings. The van der Waals surface area contributed by atoms with Gasteiger partial charge in [-0.15, -0.1) is 0 Å². The Balaban J connectivity index is 1.66. The zero-order valence-corrected chi connectivity index (χ0v) is 11.0. The molecule has 1 aliphatic carbocycles. The van der Waals surface area contributed by atoms with Crippen molar-refractivity contribution in [1.82, 2.24) is 10.6 Å². The van der Waals surface area contributed by atoms with E-state index >= 15 is 0 Å². The maximum Gasteiger partial charge on any atom is 0.00795 e. The van der Waals surface area contributed by atoms with Crippen LogP contribution in [-0.4, -0.2) is 25.7 Å². The first-order chi connectivity index (χ1) is 7.70. The van der Waals surface area contributed by atoms with Gasteiger partial charge in [0.05, 0.1) is 0 Å². The van der Waals surface area contributed by atoms with E-state index in [1.54, 1.807) is 0 Å². The van der Waals surface area contributed by atoms with Gasteiger partial charge >= 0.3 is 0 Å². The molecule has 1 aliphatic heterocycles. The molecule has 1 saturated heterocycles. The second-order valence-electron chi connectivity index (χ2n) is 6.29. The van der Waals surface area contributed by atoms with E-state index in [9.17, 15) is 0 Å². The van der Waals surface area contributed by atoms with Gasteiger partial charge in [0, 0.05) is 12.6 Å². The molecule has 2 atom stereocenters. The van der Waals surface area contributed by atoms with Crippen molar-refractivity contribution in [1.29, 1.82) is 0 Å². The summed E-state index contributed by atoms with van der Waals surface area (Å²) in [5.41, 5.74) is 0.591. The average Bonchev–Trinajstić information content (AvgIpc) is 2.65. The smallest absolute Gasteiger partial charge is 0.00795 e. The summed E-state index contributed by atoms with van der Waals surface area (Å²) in [5, 5.41) is 7.26. The number of nitrogens with one attached hydrogen (secondary N) is 2. The first kappa shape index (κ1) is 12.4. The van der Waals surface area contributed by atoms with Gasteiger partial charge in [-0.1, -0.05) is 26.2 Å². The fourth-order valence-electron chi connectivity index (χ4n) is 3.33. The summed E-state index contributed by atoms with van der Waals surface area (Å²) in [6.07, 6.45) is 8.56. The van der Waals surface area contributed by atoms with Crippen LogP contribution in [0.4, 0.5) is 0 Å². The van der Waals surface area contributed by atoms with Gasteiger partial charge in [-0.3, -0.25) is 0 Å². The van der Waals surface area contributed by atoms with Crippen LogP contribution < -0.4 is 10.6 Å². The number of rotatable bonds is 4. The molecule has 0 aromatic carbocycles. The lowest BCUT2D eigenvalue weighted by Gasteiger charge is -2.34. The van der Waals surface area contributed by atoms with Gasteiger partial charge in [0.2, 0.25) is 0 Å². The summed E-state index contributed by atoms with van der Waals surface area (Å²) in [6, 6.07) is 0.715. The van der Waals surface area contributed by atoms with Crippen LogP contribution >= 0.6 is 0 Å². The molecule has 2 aliphatic rings. The van der Waals surface area contributed by atoms with E-state index < -0.39 is 0 Å². The molecule has 16 heavy (non-hydrogen) atoms. The molecule has 2 unspecified atom stereocenters. The topological polar surface area (TPSA) is 24.1 Å². The third kappa shape index (κ3) is 3.21. The minimum absolute atomic E-state index is 0.591. The Labute approximate surface area is 101 Å². The second kappa shape index (κ2) is 5.50. The Morgan fingerprint density at radius 1 is 1.25 bits per heavy atom. The van der Waals surface area contributed by atoms with Crippen LogP contribution in [0.1, 0.15) is 52.4 Å². The molecular weight excluding hydrogens is 196 g/mol. The minimum Gasteiger partial charge on any atom is -0.316 e. The Bertz CT molecular complexity index is 209. The molecule has 0 amide bonds. The highest BCUT2D eigenvalue weighted by atomic mass is 15.0. The lowest BCUT2D eigenvalue weighted by molar-refractivity contribution is 0.204. The average molecular weight is 224 g/mol. The molecule has 2 fully saturated rings. The van der Waals surface area contributed by atoms with Crippen LogP contribution in [0.25, 0.3) is 0 Å². The fraction of sp³-hybridized carbons (Fsp3) is 1.00. The molecule has 2 rings (SSSR count). The summed E-state index contributed by atoms with van der Waals surface area (Å²) in [7, 11) is 0. The summed E-state index contributed by atoms with van der Waals surface area (Å²) in [4.78, 5) is 0. The van der Waals surface area contributed by atoms with Crippen molar-refractivity contribution in [3.05, 3.63) is 0 Å². The van der Waals surface area contributed by atoms with Gasteiger partial charge in [0.1, 0.15) is 0 Å². The Kier molecular flexibility index (Phi) is 4.26. The Morgan fingerprint density at radius 2 is 2.00 bits per heavy atom. The van der Waals surface area contributed by atoms with Crippen LogP contribution in [0.2, 0.25) is 0 Å². The third-order valence-electron chi connectivity index (χ3n) is 4.71. The van der Waals surface area contributed by atoms with Crippen LogP contribution in [-0.2, 0) is 0 Å². The molecule has 2 N–H and O–H groups in total. The van der Waals surface area contributed by atoms with E-state index in [4.69, 9.17) is 0 Å². The van der Waals surface area contributed by atoms with Gasteiger partial charge in [-0.05, 0) is 50.6 Å². The Hall–Kier alpha value is -0.0800. The van der Waals surface area contributed by atoms with E-state index in [-0.39, 0.29) is 0 Å². The predicted molar refractivity (Wildman–Crippen MR) is 69.6 cm³/mol. The zero-order chi connectivity index (χ0) is 11.4. The van der Waals surface area contributed by atoms with Crippen LogP contribution in [0, 0.1) is 11.3 Å². The zero-order valence-electron chi connectivity index (χ0n) is 11.0. The molecule has 0 bridgehead atoms. The lowest BCUT2D eigenvalue weighted by atomic mass is 9.75. The maximum atomic E-state index is 3.73. The maximum absolute atomic E-state index is 3.73. The monoisotopic (exact) mass is 224 g/mol. The quantitative estimate of drug-likeness (QED) is 0.767. The van der Waals surface area contributed by atoms with Crippen molar-refractivity contribution in [3.8, 4) is 0 Å². The highest BCUT2D eigenvalue weighted by Crippen LogP contribution is 2.34. The van der Waals surface area contributed by atoms with Crippen molar-refractivity contribution < 1.29 is 0 Å². The largest absolute Gasteiger partial charge is 0.316 e. The predicted octanol–water partition coefficient (Wildman–Crippen LogP) is 2.54. The van der Waals surface area contributed by atoms with Crippen molar-refractivity contribution in [2.24, 2.45) is 11.3 Å². The molecule has 94 valence electrons. The Morgan fingerprint density at radius 3 is 2.62 bits per heavy atom. The van der Waals surface area contributed by atoms with Crippen molar-refractivity contribution in [2.75, 3.05) is 19.6 Å². The summed E-state index contributed by atoms with van der Waals surface area (Å²) >= 11 is 0. The summed E-state index contributed by atoms with van der Waals surface area (Å²) < 4.78 is 0. The first-order valence-electron chi connectivity index (χ1n) is 7.14. The van der Waals surface area contributed by atoms with Gasteiger partial charge in [-0.25, -0.2) is 0 Å². The lowest BCUT2D eigenvalue weighted by Crippen LogP contribution is -2.38. The van der Waals surface area contributed by atoms with Crippen LogP contribution in [0.15, 0.2) is 0 Å². The molecule has 1 saturated carbocycles. The van der Waals surface area contributed by atoms with E-state index in [1.165, 1.54) is 58.2 Å². The van der Waals surface area contributed by atoms with E-state index in [1.807, 2.05) is 0 Å².